The SMILES string of the molecule is C[Si](C)(C)O[Si](C)(C)O[Si](C)(C)CCCCCCCCCCCOc1ccc(-c2ccc(OCCCCCCCl)cn2)cc1. The molecule has 1 aromatic carbocycles. The lowest BCUT2D eigenvalue weighted by molar-refractivity contribution is 0.304. The molecule has 2 rings (SSSR count). The molecule has 5 nitrogen and oxygen atoms in total. The lowest BCUT2D eigenvalue weighted by atomic mass is 10.1. The van der Waals surface area contributed by atoms with Crippen molar-refractivity contribution in [2.45, 2.75) is 135 Å². The van der Waals surface area contributed by atoms with Crippen molar-refractivity contribution in [2.75, 3.05) is 19.1 Å². The van der Waals surface area contributed by atoms with Crippen LogP contribution in [-0.2, 0) is 8.23 Å². The van der Waals surface area contributed by atoms with Crippen molar-refractivity contribution in [3.8, 4) is 22.8 Å². The van der Waals surface area contributed by atoms with Crippen LogP contribution in [0.4, 0.5) is 0 Å². The summed E-state index contributed by atoms with van der Waals surface area (Å²) in [7, 11) is -5.21. The lowest BCUT2D eigenvalue weighted by Crippen LogP contribution is -2.51. The molecule has 0 saturated carbocycles. The maximum absolute atomic E-state index is 6.64. The fourth-order valence-electron chi connectivity index (χ4n) is 5.65. The van der Waals surface area contributed by atoms with Crippen LogP contribution in [0.1, 0.15) is 83.5 Å². The van der Waals surface area contributed by atoms with Gasteiger partial charge in [-0.1, -0.05) is 64.2 Å². The maximum Gasteiger partial charge on any atom is 0.311 e. The second-order valence-corrected chi connectivity index (χ2v) is 27.2. The number of nitrogens with zero attached hydrogens (tertiary/aromatic N) is 1. The molecular weight excluding hydrogens is 618 g/mol. The van der Waals surface area contributed by atoms with E-state index in [9.17, 15) is 0 Å². The molecule has 1 heterocycles. The Bertz CT molecular complexity index is 1010. The van der Waals surface area contributed by atoms with Crippen LogP contribution in [0.3, 0.4) is 0 Å². The van der Waals surface area contributed by atoms with Crippen molar-refractivity contribution < 1.29 is 17.7 Å². The van der Waals surface area contributed by atoms with Crippen LogP contribution in [0.15, 0.2) is 42.6 Å². The molecule has 9 heteroatoms. The highest BCUT2D eigenvalue weighted by Crippen LogP contribution is 2.25. The number of rotatable bonds is 25. The zero-order valence-corrected chi connectivity index (χ0v) is 32.8. The van der Waals surface area contributed by atoms with Gasteiger partial charge in [-0.25, -0.2) is 0 Å². The first-order valence-corrected chi connectivity index (χ1v) is 27.1. The Morgan fingerprint density at radius 3 is 1.59 bits per heavy atom. The minimum atomic E-state index is -2.01. The molecule has 0 fully saturated rings. The molecule has 0 aliphatic carbocycles. The van der Waals surface area contributed by atoms with Crippen LogP contribution in [0.25, 0.3) is 11.3 Å². The van der Waals surface area contributed by atoms with Crippen LogP contribution in [-0.4, -0.2) is 49.3 Å². The van der Waals surface area contributed by atoms with Crippen LogP contribution in [0.2, 0.25) is 51.9 Å². The van der Waals surface area contributed by atoms with Gasteiger partial charge in [0.15, 0.2) is 16.6 Å². The number of alkyl halides is 1. The van der Waals surface area contributed by atoms with Gasteiger partial charge in [-0.2, -0.15) is 0 Å². The van der Waals surface area contributed by atoms with Crippen molar-refractivity contribution in [1.82, 2.24) is 4.98 Å². The lowest BCUT2D eigenvalue weighted by Gasteiger charge is -2.37. The summed E-state index contributed by atoms with van der Waals surface area (Å²) in [6.45, 7) is 17.5. The number of ether oxygens (including phenoxy) is 2. The molecule has 0 bridgehead atoms. The van der Waals surface area contributed by atoms with Crippen molar-refractivity contribution in [1.29, 1.82) is 0 Å². The van der Waals surface area contributed by atoms with E-state index in [0.717, 1.165) is 74.0 Å². The molecule has 0 aliphatic rings. The van der Waals surface area contributed by atoms with E-state index < -0.39 is 25.2 Å². The molecule has 0 saturated heterocycles. The van der Waals surface area contributed by atoms with Crippen LogP contribution in [0, 0.1) is 0 Å². The van der Waals surface area contributed by atoms with Crippen LogP contribution in [0.5, 0.6) is 11.5 Å². The molecule has 0 atom stereocenters. The highest BCUT2D eigenvalue weighted by Gasteiger charge is 2.37. The molecule has 0 N–H and O–H groups in total. The summed E-state index contributed by atoms with van der Waals surface area (Å²) in [4.78, 5) is 4.58. The second kappa shape index (κ2) is 20.9. The number of pyridine rings is 1. The van der Waals surface area contributed by atoms with Gasteiger partial charge in [0, 0.05) is 11.4 Å². The van der Waals surface area contributed by atoms with Gasteiger partial charge in [-0.15, -0.1) is 11.6 Å². The van der Waals surface area contributed by atoms with E-state index >= 15 is 0 Å². The third-order valence-electron chi connectivity index (χ3n) is 7.45. The minimum absolute atomic E-state index is 0.724. The molecular formula is C35H62ClNO4Si3. The molecule has 0 amide bonds. The smallest absolute Gasteiger partial charge is 0.311 e. The van der Waals surface area contributed by atoms with Gasteiger partial charge in [0.1, 0.15) is 11.5 Å². The summed E-state index contributed by atoms with van der Waals surface area (Å²) < 4.78 is 24.8. The molecule has 0 aliphatic heterocycles. The number of hydrogen-bond donors (Lipinski definition) is 0. The Morgan fingerprint density at radius 1 is 0.568 bits per heavy atom. The minimum Gasteiger partial charge on any atom is -0.494 e. The summed E-state index contributed by atoms with van der Waals surface area (Å²) in [5.74, 6) is 2.49. The Hall–Kier alpha value is -1.17. The number of aromatic nitrogens is 1. The van der Waals surface area contributed by atoms with E-state index in [0.29, 0.717) is 0 Å². The number of halogens is 1. The topological polar surface area (TPSA) is 49.8 Å². The summed E-state index contributed by atoms with van der Waals surface area (Å²) in [6.07, 6.45) is 17.9. The standard InChI is InChI=1S/C35H62ClNO4Si3/c1-42(2,3)40-44(6,7)41-43(4,5)30-20-16-12-10-8-9-11-14-18-28-38-33-23-21-32(22-24-33)35-26-25-34(31-37-35)39-29-19-15-13-17-27-36/h21-26,31H,8-20,27-30H2,1-7H3. The second-order valence-electron chi connectivity index (χ2n) is 14.1. The third-order valence-corrected chi connectivity index (χ3v) is 17.9. The Balaban J connectivity index is 1.49. The molecule has 0 unspecified atom stereocenters. The normalized spacial score (nSPS) is 12.5. The van der Waals surface area contributed by atoms with E-state index in [1.165, 1.54) is 57.4 Å². The summed E-state index contributed by atoms with van der Waals surface area (Å²) in [6, 6.07) is 13.5. The van der Waals surface area contributed by atoms with E-state index in [1.54, 1.807) is 0 Å². The first-order chi connectivity index (χ1) is 20.9. The van der Waals surface area contributed by atoms with E-state index in [2.05, 4.69) is 62.9 Å². The zero-order chi connectivity index (χ0) is 32.3. The number of unbranched alkanes of at least 4 members (excludes halogenated alkanes) is 11. The van der Waals surface area contributed by atoms with Gasteiger partial charge >= 0.3 is 8.56 Å². The predicted molar refractivity (Wildman–Crippen MR) is 197 cm³/mol. The van der Waals surface area contributed by atoms with E-state index in [1.807, 2.05) is 30.5 Å². The monoisotopic (exact) mass is 679 g/mol. The van der Waals surface area contributed by atoms with E-state index in [-0.39, 0.29) is 0 Å². The van der Waals surface area contributed by atoms with Gasteiger partial charge in [0.05, 0.1) is 25.1 Å². The Labute approximate surface area is 278 Å². The summed E-state index contributed by atoms with van der Waals surface area (Å²) >= 11 is 5.72. The zero-order valence-electron chi connectivity index (χ0n) is 29.0. The highest BCUT2D eigenvalue weighted by molar-refractivity contribution is 6.87. The number of hydrogen-bond acceptors (Lipinski definition) is 5. The highest BCUT2D eigenvalue weighted by atomic mass is 35.5. The fraction of sp³-hybridized carbons (Fsp3) is 0.686. The average Bonchev–Trinajstić information content (AvgIpc) is 2.94. The van der Waals surface area contributed by atoms with Gasteiger partial charge in [-0.3, -0.25) is 4.98 Å². The molecule has 0 spiro atoms. The summed E-state index contributed by atoms with van der Waals surface area (Å²) in [5.41, 5.74) is 2.03. The largest absolute Gasteiger partial charge is 0.494 e. The van der Waals surface area contributed by atoms with Gasteiger partial charge < -0.3 is 17.7 Å². The quantitative estimate of drug-likeness (QED) is 0.0594. The van der Waals surface area contributed by atoms with E-state index in [4.69, 9.17) is 29.3 Å². The van der Waals surface area contributed by atoms with Crippen molar-refractivity contribution in [3.63, 3.8) is 0 Å². The first kappa shape index (κ1) is 39.0. The van der Waals surface area contributed by atoms with Crippen LogP contribution < -0.4 is 9.47 Å². The molecule has 44 heavy (non-hydrogen) atoms. The summed E-state index contributed by atoms with van der Waals surface area (Å²) in [5, 5.41) is 0. The van der Waals surface area contributed by atoms with Gasteiger partial charge in [0.25, 0.3) is 0 Å². The van der Waals surface area contributed by atoms with Crippen molar-refractivity contribution in [2.24, 2.45) is 0 Å². The van der Waals surface area contributed by atoms with Gasteiger partial charge in [-0.05, 0) is 108 Å². The van der Waals surface area contributed by atoms with Crippen molar-refractivity contribution in [3.05, 3.63) is 42.6 Å². The number of benzene rings is 1. The Morgan fingerprint density at radius 2 is 1.07 bits per heavy atom. The average molecular weight is 681 g/mol. The molecule has 2 aromatic rings. The molecule has 0 radical (unpaired) electrons. The molecule has 250 valence electrons. The molecule has 1 aromatic heterocycles. The predicted octanol–water partition coefficient (Wildman–Crippen LogP) is 11.6. The maximum atomic E-state index is 6.64. The first-order valence-electron chi connectivity index (χ1n) is 17.2. The third kappa shape index (κ3) is 18.7. The Kier molecular flexibility index (Phi) is 18.5. The van der Waals surface area contributed by atoms with Gasteiger partial charge in [0.2, 0.25) is 0 Å². The van der Waals surface area contributed by atoms with Crippen LogP contribution >= 0.6 is 11.6 Å². The fourth-order valence-corrected chi connectivity index (χ4v) is 19.1. The van der Waals surface area contributed by atoms with Crippen molar-refractivity contribution >= 4 is 36.8 Å².